The van der Waals surface area contributed by atoms with Gasteiger partial charge < -0.3 is 5.11 Å². The van der Waals surface area contributed by atoms with E-state index in [1.165, 1.54) is 11.3 Å². The topological polar surface area (TPSA) is 46.0 Å². The lowest BCUT2D eigenvalue weighted by Crippen LogP contribution is -2.15. The molecule has 0 bridgehead atoms. The van der Waals surface area contributed by atoms with E-state index in [9.17, 15) is 5.11 Å². The molecule has 0 saturated heterocycles. The van der Waals surface area contributed by atoms with Crippen molar-refractivity contribution in [3.63, 3.8) is 0 Å². The molecule has 2 heterocycles. The zero-order chi connectivity index (χ0) is 10.9. The molecule has 0 saturated carbocycles. The maximum Gasteiger partial charge on any atom is 0.142 e. The SMILES string of the molecule is CC(C)(O)c1csc(-c2ccccn2)n1. The van der Waals surface area contributed by atoms with Crippen LogP contribution >= 0.6 is 11.3 Å². The van der Waals surface area contributed by atoms with Crippen LogP contribution in [0.4, 0.5) is 0 Å². The summed E-state index contributed by atoms with van der Waals surface area (Å²) in [5.41, 5.74) is 0.648. The fourth-order valence-corrected chi connectivity index (χ4v) is 2.12. The highest BCUT2D eigenvalue weighted by Crippen LogP contribution is 2.27. The van der Waals surface area contributed by atoms with Crippen molar-refractivity contribution in [3.8, 4) is 10.7 Å². The Morgan fingerprint density at radius 3 is 2.67 bits per heavy atom. The number of hydrogen-bond donors (Lipinski definition) is 1. The second-order valence-corrected chi connectivity index (χ2v) is 4.67. The molecule has 0 aliphatic carbocycles. The average molecular weight is 220 g/mol. The fourth-order valence-electron chi connectivity index (χ4n) is 1.16. The lowest BCUT2D eigenvalue weighted by molar-refractivity contribution is 0.0746. The van der Waals surface area contributed by atoms with Crippen LogP contribution in [0.2, 0.25) is 0 Å². The molecule has 2 aromatic heterocycles. The molecule has 0 atom stereocenters. The van der Waals surface area contributed by atoms with Crippen LogP contribution in [0.1, 0.15) is 19.5 Å². The molecule has 2 aromatic rings. The molecule has 0 fully saturated rings. The van der Waals surface area contributed by atoms with E-state index in [4.69, 9.17) is 0 Å². The summed E-state index contributed by atoms with van der Waals surface area (Å²) in [5, 5.41) is 12.5. The second-order valence-electron chi connectivity index (χ2n) is 3.81. The van der Waals surface area contributed by atoms with Gasteiger partial charge in [0.1, 0.15) is 10.6 Å². The van der Waals surface area contributed by atoms with Crippen molar-refractivity contribution >= 4 is 11.3 Å². The summed E-state index contributed by atoms with van der Waals surface area (Å²) in [5.74, 6) is 0. The predicted molar refractivity (Wildman–Crippen MR) is 60.6 cm³/mol. The molecule has 0 spiro atoms. The number of pyridine rings is 1. The number of hydrogen-bond acceptors (Lipinski definition) is 4. The number of aliphatic hydroxyl groups is 1. The summed E-state index contributed by atoms with van der Waals surface area (Å²) in [6, 6.07) is 5.70. The number of aromatic nitrogens is 2. The zero-order valence-electron chi connectivity index (χ0n) is 8.64. The van der Waals surface area contributed by atoms with E-state index in [1.54, 1.807) is 20.0 Å². The molecule has 0 aliphatic heterocycles. The molecule has 0 amide bonds. The molecule has 4 heteroatoms. The van der Waals surface area contributed by atoms with Crippen LogP contribution in [0.3, 0.4) is 0 Å². The second kappa shape index (κ2) is 3.72. The molecule has 0 radical (unpaired) electrons. The normalized spacial score (nSPS) is 11.7. The van der Waals surface area contributed by atoms with Crippen molar-refractivity contribution in [2.45, 2.75) is 19.4 Å². The van der Waals surface area contributed by atoms with Crippen molar-refractivity contribution in [3.05, 3.63) is 35.5 Å². The lowest BCUT2D eigenvalue weighted by atomic mass is 10.1. The molecule has 15 heavy (non-hydrogen) atoms. The van der Waals surface area contributed by atoms with E-state index < -0.39 is 5.60 Å². The van der Waals surface area contributed by atoms with Crippen molar-refractivity contribution in [1.29, 1.82) is 0 Å². The van der Waals surface area contributed by atoms with Gasteiger partial charge in [-0.15, -0.1) is 11.3 Å². The van der Waals surface area contributed by atoms with Gasteiger partial charge in [0.05, 0.1) is 11.4 Å². The van der Waals surface area contributed by atoms with E-state index in [0.29, 0.717) is 5.69 Å². The first kappa shape index (κ1) is 10.3. The maximum absolute atomic E-state index is 9.77. The van der Waals surface area contributed by atoms with Gasteiger partial charge in [-0.05, 0) is 26.0 Å². The van der Waals surface area contributed by atoms with Crippen molar-refractivity contribution in [2.24, 2.45) is 0 Å². The van der Waals surface area contributed by atoms with Crippen LogP contribution in [0.15, 0.2) is 29.8 Å². The Balaban J connectivity index is 2.37. The van der Waals surface area contributed by atoms with E-state index in [-0.39, 0.29) is 0 Å². The van der Waals surface area contributed by atoms with Crippen LogP contribution in [0.5, 0.6) is 0 Å². The van der Waals surface area contributed by atoms with Gasteiger partial charge in [0.15, 0.2) is 0 Å². The lowest BCUT2D eigenvalue weighted by Gasteiger charge is -2.12. The van der Waals surface area contributed by atoms with E-state index >= 15 is 0 Å². The quantitative estimate of drug-likeness (QED) is 0.845. The molecule has 3 nitrogen and oxygen atoms in total. The standard InChI is InChI=1S/C11H12N2OS/c1-11(2,14)9-7-15-10(13-9)8-5-3-4-6-12-8/h3-7,14H,1-2H3. The Kier molecular flexibility index (Phi) is 2.54. The molecule has 2 rings (SSSR count). The molecule has 0 aliphatic rings. The van der Waals surface area contributed by atoms with Crippen LogP contribution in [-0.4, -0.2) is 15.1 Å². The maximum atomic E-state index is 9.77. The molecule has 0 unspecified atom stereocenters. The van der Waals surface area contributed by atoms with Gasteiger partial charge in [-0.25, -0.2) is 4.98 Å². The Morgan fingerprint density at radius 2 is 2.13 bits per heavy atom. The first-order valence-corrected chi connectivity index (χ1v) is 5.55. The monoisotopic (exact) mass is 220 g/mol. The van der Waals surface area contributed by atoms with Crippen LogP contribution in [0, 0.1) is 0 Å². The Morgan fingerprint density at radius 1 is 1.33 bits per heavy atom. The number of rotatable bonds is 2. The minimum Gasteiger partial charge on any atom is -0.384 e. The summed E-state index contributed by atoms with van der Waals surface area (Å²) < 4.78 is 0. The van der Waals surface area contributed by atoms with E-state index in [2.05, 4.69) is 9.97 Å². The van der Waals surface area contributed by atoms with Gasteiger partial charge >= 0.3 is 0 Å². The zero-order valence-corrected chi connectivity index (χ0v) is 9.45. The summed E-state index contributed by atoms with van der Waals surface area (Å²) in [4.78, 5) is 8.57. The Hall–Kier alpha value is -1.26. The van der Waals surface area contributed by atoms with Gasteiger partial charge in [-0.2, -0.15) is 0 Å². The number of nitrogens with zero attached hydrogens (tertiary/aromatic N) is 2. The minimum atomic E-state index is -0.885. The van der Waals surface area contributed by atoms with Crippen LogP contribution in [-0.2, 0) is 5.60 Å². The minimum absolute atomic E-state index is 0.688. The van der Waals surface area contributed by atoms with Gasteiger partial charge in [-0.3, -0.25) is 4.98 Å². The summed E-state index contributed by atoms with van der Waals surface area (Å²) >= 11 is 1.50. The summed E-state index contributed by atoms with van der Waals surface area (Å²) in [7, 11) is 0. The van der Waals surface area contributed by atoms with Crippen molar-refractivity contribution in [1.82, 2.24) is 9.97 Å². The first-order chi connectivity index (χ1) is 7.07. The Labute approximate surface area is 92.5 Å². The summed E-state index contributed by atoms with van der Waals surface area (Å²) in [6.45, 7) is 3.45. The van der Waals surface area contributed by atoms with Gasteiger partial charge in [0.2, 0.25) is 0 Å². The molecule has 1 N–H and O–H groups in total. The predicted octanol–water partition coefficient (Wildman–Crippen LogP) is 2.43. The molecule has 0 aromatic carbocycles. The fraction of sp³-hybridized carbons (Fsp3) is 0.273. The Bertz CT molecular complexity index is 445. The smallest absolute Gasteiger partial charge is 0.142 e. The molecular weight excluding hydrogens is 208 g/mol. The van der Waals surface area contributed by atoms with Crippen LogP contribution < -0.4 is 0 Å². The third kappa shape index (κ3) is 2.22. The molecule has 78 valence electrons. The van der Waals surface area contributed by atoms with Gasteiger partial charge in [-0.1, -0.05) is 6.07 Å². The largest absolute Gasteiger partial charge is 0.384 e. The van der Waals surface area contributed by atoms with Crippen LogP contribution in [0.25, 0.3) is 10.7 Å². The third-order valence-corrected chi connectivity index (χ3v) is 2.88. The third-order valence-electron chi connectivity index (χ3n) is 2.02. The van der Waals surface area contributed by atoms with Crippen molar-refractivity contribution in [2.75, 3.05) is 0 Å². The highest BCUT2D eigenvalue weighted by Gasteiger charge is 2.20. The molecular formula is C11H12N2OS. The summed E-state index contributed by atoms with van der Waals surface area (Å²) in [6.07, 6.45) is 1.74. The first-order valence-electron chi connectivity index (χ1n) is 4.67. The highest BCUT2D eigenvalue weighted by molar-refractivity contribution is 7.13. The van der Waals surface area contributed by atoms with Gasteiger partial charge in [0.25, 0.3) is 0 Å². The number of thiazole rings is 1. The van der Waals surface area contributed by atoms with Crippen molar-refractivity contribution < 1.29 is 5.11 Å². The van der Waals surface area contributed by atoms with Gasteiger partial charge in [0, 0.05) is 11.6 Å². The average Bonchev–Trinajstić information content (AvgIpc) is 2.67. The van der Waals surface area contributed by atoms with E-state index in [1.807, 2.05) is 23.6 Å². The van der Waals surface area contributed by atoms with E-state index in [0.717, 1.165) is 10.7 Å². The highest BCUT2D eigenvalue weighted by atomic mass is 32.1.